The Hall–Kier alpha value is -1.04. The molecule has 1 aliphatic rings. The first-order valence-corrected chi connectivity index (χ1v) is 7.32. The van der Waals surface area contributed by atoms with Gasteiger partial charge in [-0.25, -0.2) is 0 Å². The van der Waals surface area contributed by atoms with Crippen LogP contribution < -0.4 is 10.4 Å². The summed E-state index contributed by atoms with van der Waals surface area (Å²) in [5.74, 6) is 0. The first kappa shape index (κ1) is 13.4. The van der Waals surface area contributed by atoms with Crippen LogP contribution in [0.5, 0.6) is 0 Å². The van der Waals surface area contributed by atoms with Gasteiger partial charge in [-0.1, -0.05) is 57.0 Å². The molecule has 0 saturated carbocycles. The molecule has 0 aliphatic heterocycles. The van der Waals surface area contributed by atoms with Crippen LogP contribution in [0.3, 0.4) is 0 Å². The third-order valence-corrected chi connectivity index (χ3v) is 4.75. The molecule has 0 bridgehead atoms. The summed E-state index contributed by atoms with van der Waals surface area (Å²) in [6.07, 6.45) is 4.88. The predicted molar refractivity (Wildman–Crippen MR) is 81.0 cm³/mol. The van der Waals surface area contributed by atoms with Crippen LogP contribution in [0, 0.1) is 0 Å². The monoisotopic (exact) mass is 242 g/mol. The molecular formula is C18H26. The van der Waals surface area contributed by atoms with Crippen molar-refractivity contribution in [1.82, 2.24) is 0 Å². The number of hydrogen-bond donors (Lipinski definition) is 0. The minimum absolute atomic E-state index is 0.291. The molecule has 0 N–H and O–H groups in total. The normalized spacial score (nSPS) is 15.8. The average Bonchev–Trinajstić information content (AvgIpc) is 2.39. The van der Waals surface area contributed by atoms with E-state index in [-0.39, 0.29) is 0 Å². The van der Waals surface area contributed by atoms with Crippen LogP contribution in [0.25, 0.3) is 11.1 Å². The maximum atomic E-state index is 2.46. The van der Waals surface area contributed by atoms with Gasteiger partial charge in [0.05, 0.1) is 0 Å². The van der Waals surface area contributed by atoms with Crippen LogP contribution in [-0.4, -0.2) is 0 Å². The van der Waals surface area contributed by atoms with Gasteiger partial charge in [0.1, 0.15) is 0 Å². The minimum atomic E-state index is 0.291. The standard InChI is InChI=1S/C18H26/c1-6-14-9-8-13(3)16-11-10-15(12-17(14)16)18(4,5)7-2/h10-12H,6-9H2,1-5H3. The van der Waals surface area contributed by atoms with E-state index in [1.807, 2.05) is 0 Å². The van der Waals surface area contributed by atoms with E-state index in [1.165, 1.54) is 41.7 Å². The number of fused-ring (bicyclic) bond motifs is 1. The smallest absolute Gasteiger partial charge is 0.0106 e. The molecule has 0 aromatic heterocycles. The van der Waals surface area contributed by atoms with Gasteiger partial charge in [-0.3, -0.25) is 0 Å². The molecule has 98 valence electrons. The summed E-state index contributed by atoms with van der Waals surface area (Å²) in [7, 11) is 0. The topological polar surface area (TPSA) is 0 Å². The first-order valence-electron chi connectivity index (χ1n) is 7.32. The van der Waals surface area contributed by atoms with Crippen molar-refractivity contribution in [1.29, 1.82) is 0 Å². The second-order valence-corrected chi connectivity index (χ2v) is 6.24. The minimum Gasteiger partial charge on any atom is -0.0652 e. The number of benzene rings is 1. The highest BCUT2D eigenvalue weighted by Crippen LogP contribution is 2.25. The second kappa shape index (κ2) is 4.91. The second-order valence-electron chi connectivity index (χ2n) is 6.24. The average molecular weight is 242 g/mol. The summed E-state index contributed by atoms with van der Waals surface area (Å²) < 4.78 is 0. The van der Waals surface area contributed by atoms with Gasteiger partial charge in [0.25, 0.3) is 0 Å². The summed E-state index contributed by atoms with van der Waals surface area (Å²) in [5.41, 5.74) is 4.98. The van der Waals surface area contributed by atoms with E-state index in [0.717, 1.165) is 0 Å². The molecule has 0 unspecified atom stereocenters. The molecule has 0 fully saturated rings. The summed E-state index contributed by atoms with van der Waals surface area (Å²) in [4.78, 5) is 0. The lowest BCUT2D eigenvalue weighted by atomic mass is 9.80. The van der Waals surface area contributed by atoms with Crippen LogP contribution >= 0.6 is 0 Å². The zero-order valence-electron chi connectivity index (χ0n) is 12.6. The summed E-state index contributed by atoms with van der Waals surface area (Å²) in [5, 5.41) is 3.02. The van der Waals surface area contributed by atoms with Crippen molar-refractivity contribution in [2.75, 3.05) is 0 Å². The Balaban J connectivity index is 2.73. The van der Waals surface area contributed by atoms with Gasteiger partial charge >= 0.3 is 0 Å². The Morgan fingerprint density at radius 2 is 1.78 bits per heavy atom. The summed E-state index contributed by atoms with van der Waals surface area (Å²) >= 11 is 0. The summed E-state index contributed by atoms with van der Waals surface area (Å²) in [6, 6.07) is 7.15. The third-order valence-electron chi connectivity index (χ3n) is 4.75. The first-order chi connectivity index (χ1) is 8.49. The van der Waals surface area contributed by atoms with E-state index >= 15 is 0 Å². The van der Waals surface area contributed by atoms with Crippen LogP contribution in [-0.2, 0) is 5.41 Å². The van der Waals surface area contributed by atoms with Crippen molar-refractivity contribution in [3.8, 4) is 0 Å². The Morgan fingerprint density at radius 3 is 2.39 bits per heavy atom. The van der Waals surface area contributed by atoms with Crippen molar-refractivity contribution in [2.24, 2.45) is 0 Å². The molecule has 0 nitrogen and oxygen atoms in total. The Kier molecular flexibility index (Phi) is 3.66. The number of rotatable bonds is 3. The quantitative estimate of drug-likeness (QED) is 0.754. The maximum absolute atomic E-state index is 2.46. The van der Waals surface area contributed by atoms with Gasteiger partial charge in [-0.2, -0.15) is 0 Å². The SMILES string of the molecule is CCC1=c2cc(C(C)(C)CC)ccc2=C(C)CC1. The van der Waals surface area contributed by atoms with Crippen molar-refractivity contribution >= 4 is 11.1 Å². The molecule has 2 rings (SSSR count). The highest BCUT2D eigenvalue weighted by atomic mass is 14.2. The molecule has 0 amide bonds. The molecule has 0 radical (unpaired) electrons. The fourth-order valence-electron chi connectivity index (χ4n) is 2.81. The van der Waals surface area contributed by atoms with E-state index in [1.54, 1.807) is 11.1 Å². The molecule has 0 heterocycles. The van der Waals surface area contributed by atoms with E-state index in [4.69, 9.17) is 0 Å². The van der Waals surface area contributed by atoms with Crippen LogP contribution in [0.2, 0.25) is 0 Å². The Labute approximate surface area is 111 Å². The van der Waals surface area contributed by atoms with Crippen LogP contribution in [0.4, 0.5) is 0 Å². The van der Waals surface area contributed by atoms with E-state index < -0.39 is 0 Å². The van der Waals surface area contributed by atoms with Gasteiger partial charge in [-0.15, -0.1) is 0 Å². The van der Waals surface area contributed by atoms with Gasteiger partial charge in [0.2, 0.25) is 0 Å². The van der Waals surface area contributed by atoms with E-state index in [0.29, 0.717) is 5.41 Å². The van der Waals surface area contributed by atoms with Crippen molar-refractivity contribution in [3.05, 3.63) is 34.2 Å². The van der Waals surface area contributed by atoms with E-state index in [9.17, 15) is 0 Å². The molecule has 0 spiro atoms. The van der Waals surface area contributed by atoms with Gasteiger partial charge in [0.15, 0.2) is 0 Å². The van der Waals surface area contributed by atoms with Gasteiger partial charge in [0, 0.05) is 0 Å². The molecule has 0 heteroatoms. The molecule has 1 aromatic rings. The molecule has 1 aromatic carbocycles. The Bertz CT molecular complexity index is 558. The largest absolute Gasteiger partial charge is 0.0652 e. The molecule has 0 atom stereocenters. The highest BCUT2D eigenvalue weighted by molar-refractivity contribution is 5.57. The maximum Gasteiger partial charge on any atom is -0.0106 e. The molecule has 1 aliphatic carbocycles. The lowest BCUT2D eigenvalue weighted by Crippen LogP contribution is -2.33. The molecular weight excluding hydrogens is 216 g/mol. The lowest BCUT2D eigenvalue weighted by Gasteiger charge is -2.24. The zero-order chi connectivity index (χ0) is 13.3. The fourth-order valence-corrected chi connectivity index (χ4v) is 2.81. The third kappa shape index (κ3) is 2.25. The predicted octanol–water partition coefficient (Wildman–Crippen LogP) is 3.90. The summed E-state index contributed by atoms with van der Waals surface area (Å²) in [6.45, 7) is 11.5. The fraction of sp³-hybridized carbons (Fsp3) is 0.556. The number of hydrogen-bond acceptors (Lipinski definition) is 0. The van der Waals surface area contributed by atoms with Crippen molar-refractivity contribution < 1.29 is 0 Å². The van der Waals surface area contributed by atoms with E-state index in [2.05, 4.69) is 52.8 Å². The highest BCUT2D eigenvalue weighted by Gasteiger charge is 2.18. The van der Waals surface area contributed by atoms with Crippen LogP contribution in [0.15, 0.2) is 18.2 Å². The van der Waals surface area contributed by atoms with Gasteiger partial charge < -0.3 is 0 Å². The van der Waals surface area contributed by atoms with Crippen molar-refractivity contribution in [2.45, 2.75) is 65.7 Å². The molecule has 0 saturated heterocycles. The van der Waals surface area contributed by atoms with Crippen molar-refractivity contribution in [3.63, 3.8) is 0 Å². The Morgan fingerprint density at radius 1 is 1.06 bits per heavy atom. The lowest BCUT2D eigenvalue weighted by molar-refractivity contribution is 0.505. The van der Waals surface area contributed by atoms with Gasteiger partial charge in [-0.05, 0) is 54.0 Å². The van der Waals surface area contributed by atoms with Crippen LogP contribution in [0.1, 0.15) is 65.9 Å². The molecule has 18 heavy (non-hydrogen) atoms. The zero-order valence-corrected chi connectivity index (χ0v) is 12.6.